The SMILES string of the molecule is [2H]C([2H])([2H])C1(C([2H])([2H])[2H])CC(c2ccc(NC(=O)c3nc(C#N)c[nH]3)c(C3=CCC(C)(C)CC3)n2)CC(C([2H])([2H])[2H])(C([2H])([2H])[2H])O1. The summed E-state index contributed by atoms with van der Waals surface area (Å²) < 4.78 is 104. The van der Waals surface area contributed by atoms with Crippen molar-refractivity contribution < 1.29 is 26.0 Å². The van der Waals surface area contributed by atoms with Gasteiger partial charge in [-0.05, 0) is 82.6 Å². The zero-order chi connectivity index (χ0) is 34.7. The molecule has 4 rings (SSSR count). The van der Waals surface area contributed by atoms with E-state index >= 15 is 0 Å². The fraction of sp³-hybridized carbons (Fsp3) is 0.556. The van der Waals surface area contributed by atoms with E-state index in [1.165, 1.54) is 18.3 Å². The van der Waals surface area contributed by atoms with Crippen molar-refractivity contribution in [3.63, 3.8) is 0 Å². The normalized spacial score (nSPS) is 28.1. The lowest BCUT2D eigenvalue weighted by Gasteiger charge is -2.45. The summed E-state index contributed by atoms with van der Waals surface area (Å²) in [7, 11) is 0. The van der Waals surface area contributed by atoms with Gasteiger partial charge in [-0.1, -0.05) is 19.9 Å². The van der Waals surface area contributed by atoms with E-state index in [-0.39, 0.29) is 34.0 Å². The van der Waals surface area contributed by atoms with Crippen LogP contribution in [0.25, 0.3) is 5.57 Å². The van der Waals surface area contributed by atoms with Gasteiger partial charge in [0.25, 0.3) is 5.91 Å². The first-order valence-corrected chi connectivity index (χ1v) is 11.0. The average Bonchev–Trinajstić information content (AvgIpc) is 3.40. The van der Waals surface area contributed by atoms with Crippen LogP contribution in [-0.4, -0.2) is 32.1 Å². The lowest BCUT2D eigenvalue weighted by molar-refractivity contribution is -0.162. The molecule has 0 radical (unpaired) electrons. The number of hydrogen-bond acceptors (Lipinski definition) is 5. The van der Waals surface area contributed by atoms with Crippen LogP contribution in [0.5, 0.6) is 0 Å². The van der Waals surface area contributed by atoms with Crippen molar-refractivity contribution in [3.05, 3.63) is 47.3 Å². The summed E-state index contributed by atoms with van der Waals surface area (Å²) in [5, 5.41) is 11.8. The van der Waals surface area contributed by atoms with Crippen LogP contribution in [0.4, 0.5) is 5.69 Å². The summed E-state index contributed by atoms with van der Waals surface area (Å²) >= 11 is 0. The highest BCUT2D eigenvalue weighted by atomic mass is 16.5. The van der Waals surface area contributed by atoms with Crippen molar-refractivity contribution in [2.24, 2.45) is 5.41 Å². The number of imidazole rings is 1. The molecule has 2 aromatic heterocycles. The Hall–Kier alpha value is -2.98. The highest BCUT2D eigenvalue weighted by Crippen LogP contribution is 2.44. The van der Waals surface area contributed by atoms with Gasteiger partial charge in [0.2, 0.25) is 0 Å². The first kappa shape index (κ1) is 13.2. The molecular formula is C27H35N5O2. The van der Waals surface area contributed by atoms with Crippen molar-refractivity contribution in [1.82, 2.24) is 15.0 Å². The Morgan fingerprint density at radius 3 is 2.56 bits per heavy atom. The lowest BCUT2D eigenvalue weighted by Crippen LogP contribution is -2.44. The molecule has 3 heterocycles. The monoisotopic (exact) mass is 473 g/mol. The molecule has 1 saturated heterocycles. The summed E-state index contributed by atoms with van der Waals surface area (Å²) in [6.07, 6.45) is 3.59. The van der Waals surface area contributed by atoms with Crippen molar-refractivity contribution in [2.45, 2.75) is 90.5 Å². The number of allylic oxidation sites excluding steroid dienone is 2. The van der Waals surface area contributed by atoms with E-state index < -0.39 is 63.3 Å². The van der Waals surface area contributed by atoms with E-state index in [1.807, 2.05) is 12.1 Å². The summed E-state index contributed by atoms with van der Waals surface area (Å²) in [6, 6.07) is 4.65. The Kier molecular flexibility index (Phi) is 3.36. The number of nitrogens with zero attached hydrogens (tertiary/aromatic N) is 3. The molecule has 0 saturated carbocycles. The third-order valence-electron chi connectivity index (χ3n) is 6.18. The number of anilines is 1. The molecule has 0 bridgehead atoms. The molecule has 1 fully saturated rings. The number of hydrogen-bond donors (Lipinski definition) is 2. The van der Waals surface area contributed by atoms with Gasteiger partial charge in [-0.3, -0.25) is 9.78 Å². The zero-order valence-electron chi connectivity index (χ0n) is 31.1. The predicted octanol–water partition coefficient (Wildman–Crippen LogP) is 5.97. The third-order valence-corrected chi connectivity index (χ3v) is 6.18. The van der Waals surface area contributed by atoms with Gasteiger partial charge in [-0.15, -0.1) is 0 Å². The molecule has 1 amide bonds. The number of carbonyl (C=O) groups is 1. The van der Waals surface area contributed by atoms with Crippen LogP contribution in [0.1, 0.15) is 123 Å². The molecule has 2 aromatic rings. The number of aromatic amines is 1. The van der Waals surface area contributed by atoms with Crippen molar-refractivity contribution >= 4 is 17.2 Å². The summed E-state index contributed by atoms with van der Waals surface area (Å²) in [4.78, 5) is 24.3. The third kappa shape index (κ3) is 5.39. The average molecular weight is 474 g/mol. The zero-order valence-corrected chi connectivity index (χ0v) is 19.1. The molecule has 0 atom stereocenters. The van der Waals surface area contributed by atoms with Crippen LogP contribution >= 0.6 is 0 Å². The molecule has 0 spiro atoms. The number of nitrogens with one attached hydrogen (secondary N) is 2. The van der Waals surface area contributed by atoms with Crippen molar-refractivity contribution in [3.8, 4) is 6.07 Å². The van der Waals surface area contributed by atoms with E-state index in [4.69, 9.17) is 31.4 Å². The Labute approximate surface area is 218 Å². The number of nitriles is 1. The maximum atomic E-state index is 13.1. The predicted molar refractivity (Wildman–Crippen MR) is 132 cm³/mol. The first-order valence-electron chi connectivity index (χ1n) is 17.0. The summed E-state index contributed by atoms with van der Waals surface area (Å²) in [5.41, 5.74) is -5.10. The van der Waals surface area contributed by atoms with Crippen LogP contribution in [0.2, 0.25) is 0 Å². The minimum Gasteiger partial charge on any atom is -0.370 e. The van der Waals surface area contributed by atoms with E-state index in [2.05, 4.69) is 29.1 Å². The molecule has 7 heteroatoms. The molecule has 180 valence electrons. The smallest absolute Gasteiger partial charge is 0.291 e. The van der Waals surface area contributed by atoms with Crippen LogP contribution < -0.4 is 5.32 Å². The highest BCUT2D eigenvalue weighted by molar-refractivity contribution is 6.03. The van der Waals surface area contributed by atoms with Crippen LogP contribution in [-0.2, 0) is 4.74 Å². The number of ether oxygens (including phenoxy) is 1. The molecular weight excluding hydrogens is 426 g/mol. The lowest BCUT2D eigenvalue weighted by atomic mass is 9.77. The topological polar surface area (TPSA) is 104 Å². The maximum absolute atomic E-state index is 13.1. The molecule has 2 aliphatic rings. The largest absolute Gasteiger partial charge is 0.370 e. The number of rotatable bonds is 4. The van der Waals surface area contributed by atoms with Gasteiger partial charge in [-0.25, -0.2) is 4.98 Å². The van der Waals surface area contributed by atoms with E-state index in [9.17, 15) is 4.79 Å². The Balaban J connectivity index is 1.91. The fourth-order valence-corrected chi connectivity index (χ4v) is 4.37. The molecule has 2 N–H and O–H groups in total. The van der Waals surface area contributed by atoms with Gasteiger partial charge in [-0.2, -0.15) is 5.26 Å². The quantitative estimate of drug-likeness (QED) is 0.569. The number of aromatic nitrogens is 3. The van der Waals surface area contributed by atoms with E-state index in [0.717, 1.165) is 12.0 Å². The first-order chi connectivity index (χ1) is 20.9. The van der Waals surface area contributed by atoms with Crippen molar-refractivity contribution in [1.29, 1.82) is 5.26 Å². The minimum atomic E-state index is -3.46. The van der Waals surface area contributed by atoms with Crippen LogP contribution in [0.3, 0.4) is 0 Å². The standard InChI is InChI=1S/C27H35N5O2/c1-25(2)11-9-17(10-12-25)22-21(32-24(33)23-29-16-19(15-28)30-23)8-7-20(31-22)18-13-26(3,4)34-27(5,6)14-18/h7-9,16,18H,10-14H2,1-6H3,(H,29,30)(H,32,33)/i3D3,4D3,5D3,6D3. The Morgan fingerprint density at radius 2 is 1.97 bits per heavy atom. The minimum absolute atomic E-state index is 0.00502. The fourth-order valence-electron chi connectivity index (χ4n) is 4.37. The second-order valence-corrected chi connectivity index (χ2v) is 9.79. The summed E-state index contributed by atoms with van der Waals surface area (Å²) in [5.74, 6) is -2.13. The van der Waals surface area contributed by atoms with Crippen LogP contribution in [0.15, 0.2) is 24.4 Å². The molecule has 7 nitrogen and oxygen atoms in total. The van der Waals surface area contributed by atoms with Gasteiger partial charge >= 0.3 is 0 Å². The van der Waals surface area contributed by atoms with Gasteiger partial charge in [0.1, 0.15) is 6.07 Å². The van der Waals surface area contributed by atoms with E-state index in [0.29, 0.717) is 12.8 Å². The van der Waals surface area contributed by atoms with E-state index in [1.54, 1.807) is 0 Å². The number of pyridine rings is 1. The van der Waals surface area contributed by atoms with Gasteiger partial charge in [0.15, 0.2) is 11.5 Å². The number of carbonyl (C=O) groups excluding carboxylic acids is 1. The number of H-pyrrole nitrogens is 1. The molecule has 0 aromatic carbocycles. The van der Waals surface area contributed by atoms with Gasteiger partial charge in [0.05, 0.1) is 22.6 Å². The second-order valence-electron chi connectivity index (χ2n) is 9.79. The molecule has 1 aliphatic carbocycles. The van der Waals surface area contributed by atoms with Gasteiger partial charge in [0, 0.05) is 34.3 Å². The van der Waals surface area contributed by atoms with Crippen molar-refractivity contribution in [2.75, 3.05) is 5.32 Å². The second kappa shape index (κ2) is 8.66. The highest BCUT2D eigenvalue weighted by Gasteiger charge is 2.40. The molecule has 34 heavy (non-hydrogen) atoms. The maximum Gasteiger partial charge on any atom is 0.291 e. The number of amides is 1. The van der Waals surface area contributed by atoms with Crippen LogP contribution in [0, 0.1) is 16.7 Å². The van der Waals surface area contributed by atoms with Gasteiger partial charge < -0.3 is 15.0 Å². The Morgan fingerprint density at radius 1 is 1.24 bits per heavy atom. The Bertz CT molecular complexity index is 1490. The molecule has 0 unspecified atom stereocenters. The molecule has 1 aliphatic heterocycles. The summed E-state index contributed by atoms with van der Waals surface area (Å²) in [6.45, 7) is -9.66.